The molecular weight excluding hydrogens is 218 g/mol. The van der Waals surface area contributed by atoms with Crippen molar-refractivity contribution in [2.45, 2.75) is 53.2 Å². The van der Waals surface area contributed by atoms with Crippen molar-refractivity contribution in [2.24, 2.45) is 0 Å². The van der Waals surface area contributed by atoms with Crippen molar-refractivity contribution in [2.75, 3.05) is 5.73 Å². The molecule has 0 aromatic carbocycles. The molecule has 1 rings (SSSR count). The molecule has 0 saturated heterocycles. The lowest BCUT2D eigenvalue weighted by Gasteiger charge is -2.09. The van der Waals surface area contributed by atoms with E-state index in [2.05, 4.69) is 5.10 Å². The van der Waals surface area contributed by atoms with Crippen LogP contribution >= 0.6 is 0 Å². The molecule has 0 atom stereocenters. The number of esters is 1. The van der Waals surface area contributed by atoms with Gasteiger partial charge < -0.3 is 10.5 Å². The fraction of sp³-hybridized carbons (Fsp3) is 0.667. The second-order valence-electron chi connectivity index (χ2n) is 4.21. The van der Waals surface area contributed by atoms with Gasteiger partial charge in [-0.1, -0.05) is 13.8 Å². The number of ether oxygens (including phenoxy) is 1. The summed E-state index contributed by atoms with van der Waals surface area (Å²) in [5.41, 5.74) is 8.42. The molecule has 0 aliphatic heterocycles. The fourth-order valence-electron chi connectivity index (χ4n) is 1.75. The van der Waals surface area contributed by atoms with Crippen LogP contribution in [0.5, 0.6) is 0 Å². The van der Waals surface area contributed by atoms with Crippen molar-refractivity contribution in [1.82, 2.24) is 9.78 Å². The molecule has 1 aromatic rings. The summed E-state index contributed by atoms with van der Waals surface area (Å²) in [6.07, 6.45) is 1.42. The van der Waals surface area contributed by atoms with Crippen LogP contribution in [-0.4, -0.2) is 21.9 Å². The van der Waals surface area contributed by atoms with Gasteiger partial charge in [0.25, 0.3) is 0 Å². The van der Waals surface area contributed by atoms with Gasteiger partial charge in [-0.15, -0.1) is 0 Å². The maximum absolute atomic E-state index is 11.6. The van der Waals surface area contributed by atoms with Gasteiger partial charge in [0.05, 0.1) is 23.2 Å². The Balaban J connectivity index is 2.87. The lowest BCUT2D eigenvalue weighted by Crippen LogP contribution is -2.19. The highest BCUT2D eigenvalue weighted by molar-refractivity contribution is 5.69. The summed E-state index contributed by atoms with van der Waals surface area (Å²) in [5, 5.41) is 4.34. The third-order valence-corrected chi connectivity index (χ3v) is 2.49. The number of rotatable bonds is 5. The number of carbonyl (C=O) groups is 1. The van der Waals surface area contributed by atoms with Gasteiger partial charge >= 0.3 is 5.97 Å². The molecule has 1 aromatic heterocycles. The van der Waals surface area contributed by atoms with Crippen LogP contribution in [0.1, 0.15) is 39.1 Å². The molecule has 0 radical (unpaired) electrons. The number of hydrogen-bond donors (Lipinski definition) is 1. The second kappa shape index (κ2) is 5.70. The summed E-state index contributed by atoms with van der Waals surface area (Å²) < 4.78 is 6.75. The van der Waals surface area contributed by atoms with E-state index in [9.17, 15) is 4.79 Å². The van der Waals surface area contributed by atoms with Gasteiger partial charge in [0.15, 0.2) is 0 Å². The highest BCUT2D eigenvalue weighted by Gasteiger charge is 2.15. The van der Waals surface area contributed by atoms with Gasteiger partial charge in [0, 0.05) is 0 Å². The van der Waals surface area contributed by atoms with Crippen molar-refractivity contribution < 1.29 is 9.53 Å². The maximum Gasteiger partial charge on any atom is 0.328 e. The van der Waals surface area contributed by atoms with Crippen LogP contribution in [0, 0.1) is 0 Å². The van der Waals surface area contributed by atoms with Crippen LogP contribution in [-0.2, 0) is 28.9 Å². The lowest BCUT2D eigenvalue weighted by atomic mass is 10.2. The molecule has 0 aliphatic rings. The van der Waals surface area contributed by atoms with Gasteiger partial charge in [-0.05, 0) is 26.7 Å². The zero-order chi connectivity index (χ0) is 13.0. The Labute approximate surface area is 102 Å². The number of nitrogens with zero attached hydrogens (tertiary/aromatic N) is 2. The first-order valence-corrected chi connectivity index (χ1v) is 6.03. The van der Waals surface area contributed by atoms with E-state index in [0.29, 0.717) is 5.69 Å². The standard InChI is InChI=1S/C12H21N3O2/c1-5-9-12(13)10(6-2)15(14-9)7-11(16)17-8(3)4/h8H,5-7,13H2,1-4H3. The molecule has 5 heteroatoms. The van der Waals surface area contributed by atoms with Gasteiger partial charge in [0.1, 0.15) is 6.54 Å². The number of aryl methyl sites for hydroxylation is 1. The Kier molecular flexibility index (Phi) is 4.54. The molecule has 96 valence electrons. The summed E-state index contributed by atoms with van der Waals surface area (Å²) in [6.45, 7) is 7.78. The molecule has 0 amide bonds. The molecule has 0 bridgehead atoms. The lowest BCUT2D eigenvalue weighted by molar-refractivity contribution is -0.148. The first-order chi connectivity index (χ1) is 7.99. The molecule has 0 spiro atoms. The van der Waals surface area contributed by atoms with Crippen molar-refractivity contribution in [1.29, 1.82) is 0 Å². The molecular formula is C12H21N3O2. The number of hydrogen-bond acceptors (Lipinski definition) is 4. The topological polar surface area (TPSA) is 70.1 Å². The van der Waals surface area contributed by atoms with Crippen LogP contribution in [0.25, 0.3) is 0 Å². The van der Waals surface area contributed by atoms with E-state index in [0.717, 1.165) is 24.2 Å². The van der Waals surface area contributed by atoms with Gasteiger partial charge in [0.2, 0.25) is 0 Å². The SMILES string of the molecule is CCc1nn(CC(=O)OC(C)C)c(CC)c1N. The smallest absolute Gasteiger partial charge is 0.328 e. The third kappa shape index (κ3) is 3.22. The summed E-state index contributed by atoms with van der Waals surface area (Å²) >= 11 is 0. The van der Waals surface area contributed by atoms with Crippen LogP contribution in [0.2, 0.25) is 0 Å². The van der Waals surface area contributed by atoms with Gasteiger partial charge in [-0.25, -0.2) is 0 Å². The van der Waals surface area contributed by atoms with Crippen LogP contribution in [0.15, 0.2) is 0 Å². The average molecular weight is 239 g/mol. The number of nitrogen functional groups attached to an aromatic ring is 1. The Morgan fingerprint density at radius 2 is 2.06 bits per heavy atom. The third-order valence-electron chi connectivity index (χ3n) is 2.49. The van der Waals surface area contributed by atoms with Crippen LogP contribution in [0.3, 0.4) is 0 Å². The van der Waals surface area contributed by atoms with E-state index < -0.39 is 0 Å². The highest BCUT2D eigenvalue weighted by atomic mass is 16.5. The molecule has 0 unspecified atom stereocenters. The van der Waals surface area contributed by atoms with E-state index in [-0.39, 0.29) is 18.6 Å². The number of nitrogens with two attached hydrogens (primary N) is 1. The Morgan fingerprint density at radius 1 is 1.41 bits per heavy atom. The van der Waals surface area contributed by atoms with E-state index in [1.165, 1.54) is 0 Å². The average Bonchev–Trinajstić information content (AvgIpc) is 2.53. The number of anilines is 1. The van der Waals surface area contributed by atoms with Crippen molar-refractivity contribution >= 4 is 11.7 Å². The normalized spacial score (nSPS) is 10.9. The Hall–Kier alpha value is -1.52. The zero-order valence-electron chi connectivity index (χ0n) is 11.0. The maximum atomic E-state index is 11.6. The predicted octanol–water partition coefficient (Wildman–Crippen LogP) is 1.54. The van der Waals surface area contributed by atoms with Crippen molar-refractivity contribution in [3.8, 4) is 0 Å². The molecule has 2 N–H and O–H groups in total. The summed E-state index contributed by atoms with van der Waals surface area (Å²) in [6, 6.07) is 0. The summed E-state index contributed by atoms with van der Waals surface area (Å²) in [7, 11) is 0. The summed E-state index contributed by atoms with van der Waals surface area (Å²) in [4.78, 5) is 11.6. The predicted molar refractivity (Wildman–Crippen MR) is 66.6 cm³/mol. The Bertz CT molecular complexity index is 397. The summed E-state index contributed by atoms with van der Waals surface area (Å²) in [5.74, 6) is -0.278. The minimum Gasteiger partial charge on any atom is -0.462 e. The molecule has 0 fully saturated rings. The van der Waals surface area contributed by atoms with Gasteiger partial charge in [-0.3, -0.25) is 9.48 Å². The van der Waals surface area contributed by atoms with E-state index >= 15 is 0 Å². The minimum absolute atomic E-state index is 0.105. The highest BCUT2D eigenvalue weighted by Crippen LogP contribution is 2.18. The monoisotopic (exact) mass is 239 g/mol. The van der Waals surface area contributed by atoms with E-state index in [4.69, 9.17) is 10.5 Å². The van der Waals surface area contributed by atoms with E-state index in [1.807, 2.05) is 27.7 Å². The van der Waals surface area contributed by atoms with Crippen LogP contribution < -0.4 is 5.73 Å². The molecule has 5 nitrogen and oxygen atoms in total. The molecule has 0 saturated carbocycles. The first kappa shape index (κ1) is 13.5. The Morgan fingerprint density at radius 3 is 2.53 bits per heavy atom. The zero-order valence-corrected chi connectivity index (χ0v) is 11.0. The quantitative estimate of drug-likeness (QED) is 0.791. The fourth-order valence-corrected chi connectivity index (χ4v) is 1.75. The first-order valence-electron chi connectivity index (χ1n) is 6.03. The minimum atomic E-state index is -0.278. The van der Waals surface area contributed by atoms with Gasteiger partial charge in [-0.2, -0.15) is 5.10 Å². The molecule has 1 heterocycles. The number of aromatic nitrogens is 2. The van der Waals surface area contributed by atoms with Crippen molar-refractivity contribution in [3.05, 3.63) is 11.4 Å². The largest absolute Gasteiger partial charge is 0.462 e. The van der Waals surface area contributed by atoms with Crippen molar-refractivity contribution in [3.63, 3.8) is 0 Å². The van der Waals surface area contributed by atoms with E-state index in [1.54, 1.807) is 4.68 Å². The van der Waals surface area contributed by atoms with Crippen LogP contribution in [0.4, 0.5) is 5.69 Å². The second-order valence-corrected chi connectivity index (χ2v) is 4.21. The number of carbonyl (C=O) groups excluding carboxylic acids is 1. The molecule has 17 heavy (non-hydrogen) atoms. The molecule has 0 aliphatic carbocycles.